The number of nitrogens with zero attached hydrogens (tertiary/aromatic N) is 5. The zero-order chi connectivity index (χ0) is 91.1. The van der Waals surface area contributed by atoms with Gasteiger partial charge in [-0.2, -0.15) is 0 Å². The first-order valence-corrected chi connectivity index (χ1v) is 47.3. The Balaban J connectivity index is 0.856. The Kier molecular flexibility index (Phi) is 19.4. The molecule has 0 fully saturated rings. The molecular weight excluding hydrogens is 1590 g/mol. The Morgan fingerprint density at radius 3 is 0.598 bits per heavy atom. The lowest BCUT2D eigenvalue weighted by Crippen LogP contribution is -2.61. The molecule has 0 atom stereocenters. The topological polar surface area (TPSA) is 21.3 Å². The van der Waals surface area contributed by atoms with Gasteiger partial charge in [0.15, 0.2) is 0 Å². The minimum Gasteiger partial charge on any atom is -0.311 e. The number of hydrogen-bond donors (Lipinski definition) is 0. The largest absolute Gasteiger partial charge is 0.311 e. The molecule has 6 heteroatoms. The zero-order valence-corrected chi connectivity index (χ0v) is 79.5. The molecule has 132 heavy (non-hydrogen) atoms. The third-order valence-corrected chi connectivity index (χ3v) is 28.5. The average Bonchev–Trinajstić information content (AvgIpc) is 0.869. The number of fused-ring (bicyclic) bond motifs is 13. The van der Waals surface area contributed by atoms with Gasteiger partial charge in [0.25, 0.3) is 6.71 Å². The Morgan fingerprint density at radius 1 is 0.167 bits per heavy atom. The van der Waals surface area contributed by atoms with E-state index in [1.165, 1.54) is 149 Å². The van der Waals surface area contributed by atoms with Crippen molar-refractivity contribution in [3.63, 3.8) is 0 Å². The molecule has 0 N–H and O–H groups in total. The average molecular weight is 1710 g/mol. The van der Waals surface area contributed by atoms with Crippen LogP contribution in [0.4, 0.5) is 34.1 Å². The predicted molar refractivity (Wildman–Crippen MR) is 568 cm³/mol. The van der Waals surface area contributed by atoms with Crippen LogP contribution >= 0.6 is 0 Å². The van der Waals surface area contributed by atoms with Crippen LogP contribution in [0.15, 0.2) is 364 Å². The molecule has 2 aliphatic heterocycles. The van der Waals surface area contributed by atoms with Crippen LogP contribution < -0.4 is 26.2 Å². The fourth-order valence-corrected chi connectivity index (χ4v) is 21.0. The first-order chi connectivity index (χ1) is 63.2. The summed E-state index contributed by atoms with van der Waals surface area (Å²) in [6, 6.07) is 141. The van der Waals surface area contributed by atoms with Gasteiger partial charge in [0.05, 0.1) is 38.8 Å². The molecule has 0 saturated carbocycles. The molecule has 0 unspecified atom stereocenters. The first-order valence-electron chi connectivity index (χ1n) is 47.3. The van der Waals surface area contributed by atoms with Crippen LogP contribution in [0.3, 0.4) is 0 Å². The molecule has 2 aliphatic rings. The molecule has 0 aliphatic carbocycles. The van der Waals surface area contributed by atoms with Crippen LogP contribution in [-0.4, -0.2) is 20.4 Å². The quantitative estimate of drug-likeness (QED) is 0.120. The number of rotatable bonds is 11. The molecule has 0 spiro atoms. The van der Waals surface area contributed by atoms with Crippen molar-refractivity contribution in [2.45, 2.75) is 157 Å². The summed E-state index contributed by atoms with van der Waals surface area (Å²) in [5.41, 5.74) is 41.8. The molecule has 17 aromatic carbocycles. The van der Waals surface area contributed by atoms with Gasteiger partial charge >= 0.3 is 0 Å². The standard InChI is InChI=1S/C126H114BN5/c1-121(2,3)91-43-57-110-102(69-91)103-70-92(122(4,5)6)44-58-111(103)130(110)99-53-55-108-116(75-99)128(97-49-39-83(40-50-97)89-65-85(79-31-23-19-24-32-79)63-86(66-89)80-33-25-20-26-34-80)118-77-101(132-114-61-47-95(125(13,14)15)73-106(114)107-74-96(126(16,17)18)48-62-115(107)132)78-119-120(118)127(108)109-56-54-100(131-112-59-45-93(123(7,8)9)71-104(112)105-72-94(124(10,11)12)46-60-113(105)131)76-117(109)129(119)98-51-41-84(42-52-98)90-67-87(81-35-27-21-28-36-81)64-88(68-90)82-37-29-22-30-38-82/h19-78H,1-18H3. The normalized spacial score (nSPS) is 13.2. The maximum atomic E-state index is 2.66. The summed E-state index contributed by atoms with van der Waals surface area (Å²) >= 11 is 0. The van der Waals surface area contributed by atoms with E-state index in [-0.39, 0.29) is 39.2 Å². The molecule has 3 aromatic heterocycles. The van der Waals surface area contributed by atoms with E-state index in [0.29, 0.717) is 0 Å². The molecule has 20 aromatic rings. The van der Waals surface area contributed by atoms with Gasteiger partial charge in [-0.15, -0.1) is 0 Å². The predicted octanol–water partition coefficient (Wildman–Crippen LogP) is 32.8. The fourth-order valence-electron chi connectivity index (χ4n) is 21.0. The molecule has 5 heterocycles. The van der Waals surface area contributed by atoms with Crippen molar-refractivity contribution >= 4 is 123 Å². The molecule has 5 nitrogen and oxygen atoms in total. The van der Waals surface area contributed by atoms with Crippen molar-refractivity contribution in [1.29, 1.82) is 0 Å². The van der Waals surface area contributed by atoms with E-state index >= 15 is 0 Å². The third-order valence-electron chi connectivity index (χ3n) is 28.5. The number of hydrogen-bond acceptors (Lipinski definition) is 2. The summed E-state index contributed by atoms with van der Waals surface area (Å²) < 4.78 is 7.74. The summed E-state index contributed by atoms with van der Waals surface area (Å²) in [6.45, 7) is 41.9. The van der Waals surface area contributed by atoms with E-state index in [1.54, 1.807) is 0 Å². The fraction of sp³-hybridized carbons (Fsp3) is 0.190. The Labute approximate surface area is 779 Å². The van der Waals surface area contributed by atoms with Gasteiger partial charge in [0.1, 0.15) is 0 Å². The van der Waals surface area contributed by atoms with Gasteiger partial charge in [-0.25, -0.2) is 0 Å². The minimum absolute atomic E-state index is 0.0789. The number of benzene rings is 17. The van der Waals surface area contributed by atoms with Crippen LogP contribution in [0.25, 0.3) is 149 Å². The summed E-state index contributed by atoms with van der Waals surface area (Å²) in [6.07, 6.45) is 0. The van der Waals surface area contributed by atoms with Gasteiger partial charge in [0, 0.05) is 77.8 Å². The van der Waals surface area contributed by atoms with Gasteiger partial charge in [0.2, 0.25) is 0 Å². The van der Waals surface area contributed by atoms with Crippen LogP contribution in [0.5, 0.6) is 0 Å². The number of aromatic nitrogens is 3. The second-order valence-corrected chi connectivity index (χ2v) is 43.5. The smallest absolute Gasteiger partial charge is 0.252 e. The Bertz CT molecular complexity index is 7290. The van der Waals surface area contributed by atoms with Gasteiger partial charge in [-0.05, 0) is 319 Å². The van der Waals surface area contributed by atoms with Crippen molar-refractivity contribution in [1.82, 2.24) is 13.7 Å². The highest BCUT2D eigenvalue weighted by molar-refractivity contribution is 7.00. The van der Waals surface area contributed by atoms with E-state index in [2.05, 4.69) is 512 Å². The monoisotopic (exact) mass is 1710 g/mol. The van der Waals surface area contributed by atoms with Crippen LogP contribution in [-0.2, 0) is 32.5 Å². The van der Waals surface area contributed by atoms with E-state index in [1.807, 2.05) is 0 Å². The molecule has 0 amide bonds. The van der Waals surface area contributed by atoms with Crippen LogP contribution in [0.2, 0.25) is 0 Å². The lowest BCUT2D eigenvalue weighted by atomic mass is 9.33. The second kappa shape index (κ2) is 30.7. The van der Waals surface area contributed by atoms with Crippen molar-refractivity contribution in [3.05, 3.63) is 397 Å². The molecule has 0 radical (unpaired) electrons. The third kappa shape index (κ3) is 14.4. The SMILES string of the molecule is CC(C)(C)c1ccc2c(c1)c1cc(C(C)(C)C)ccc1n2-c1ccc2c(c1)N(c1ccc(-c3cc(-c4ccccc4)cc(-c4ccccc4)c3)cc1)c1cc(-n3c4ccc(C(C)(C)C)cc4c4cc(C(C)(C)C)ccc43)cc3c1B2c1ccc(-n2c4ccc(C(C)(C)C)cc4c4cc(C(C)(C)C)ccc42)cc1N3c1ccc(-c2cc(-c3ccccc3)cc(-c3ccccc3)c2)cc1. The van der Waals surface area contributed by atoms with E-state index in [9.17, 15) is 0 Å². The molecule has 22 rings (SSSR count). The van der Waals surface area contributed by atoms with Crippen molar-refractivity contribution in [3.8, 4) is 83.8 Å². The second-order valence-electron chi connectivity index (χ2n) is 43.5. The molecular formula is C126H114BN5. The van der Waals surface area contributed by atoms with E-state index < -0.39 is 0 Å². The van der Waals surface area contributed by atoms with E-state index in [0.717, 1.165) is 84.5 Å². The highest BCUT2D eigenvalue weighted by atomic mass is 15.2. The lowest BCUT2D eigenvalue weighted by Gasteiger charge is -2.44. The summed E-state index contributed by atoms with van der Waals surface area (Å²) in [5.74, 6) is 0. The maximum Gasteiger partial charge on any atom is 0.252 e. The molecule has 0 bridgehead atoms. The van der Waals surface area contributed by atoms with E-state index in [4.69, 9.17) is 0 Å². The van der Waals surface area contributed by atoms with Gasteiger partial charge in [-0.3, -0.25) is 0 Å². The number of anilines is 6. The van der Waals surface area contributed by atoms with Crippen molar-refractivity contribution in [2.75, 3.05) is 9.80 Å². The minimum atomic E-state index is -0.275. The lowest BCUT2D eigenvalue weighted by molar-refractivity contribution is 0.590. The van der Waals surface area contributed by atoms with Crippen molar-refractivity contribution < 1.29 is 0 Å². The van der Waals surface area contributed by atoms with Crippen molar-refractivity contribution in [2.24, 2.45) is 0 Å². The van der Waals surface area contributed by atoms with Gasteiger partial charge in [-0.1, -0.05) is 319 Å². The zero-order valence-electron chi connectivity index (χ0n) is 79.5. The molecule has 0 saturated heterocycles. The Morgan fingerprint density at radius 2 is 0.371 bits per heavy atom. The summed E-state index contributed by atoms with van der Waals surface area (Å²) in [4.78, 5) is 5.31. The summed E-state index contributed by atoms with van der Waals surface area (Å²) in [5, 5.41) is 7.50. The Hall–Kier alpha value is -14.2. The maximum absolute atomic E-state index is 2.66. The van der Waals surface area contributed by atoms with Crippen LogP contribution in [0.1, 0.15) is 158 Å². The van der Waals surface area contributed by atoms with Gasteiger partial charge < -0.3 is 23.5 Å². The highest BCUT2D eigenvalue weighted by Gasteiger charge is 2.45. The summed E-state index contributed by atoms with van der Waals surface area (Å²) in [7, 11) is 0. The van der Waals surface area contributed by atoms with Crippen LogP contribution in [0, 0.1) is 0 Å². The first kappa shape index (κ1) is 83.4. The molecule has 646 valence electrons. The highest BCUT2D eigenvalue weighted by Crippen LogP contribution is 2.52.